The number of nitrogens with zero attached hydrogens (tertiary/aromatic N) is 1. The van der Waals surface area contributed by atoms with Crippen molar-refractivity contribution in [3.05, 3.63) is 65.5 Å². The second kappa shape index (κ2) is 9.18. The zero-order valence-electron chi connectivity index (χ0n) is 18.4. The van der Waals surface area contributed by atoms with E-state index in [9.17, 15) is 18.0 Å². The van der Waals surface area contributed by atoms with Crippen LogP contribution in [0.1, 0.15) is 23.2 Å². The number of amides is 2. The average molecular weight is 514 g/mol. The molecule has 7 nitrogen and oxygen atoms in total. The van der Waals surface area contributed by atoms with E-state index in [1.54, 1.807) is 40.2 Å². The van der Waals surface area contributed by atoms with Crippen LogP contribution < -0.4 is 10.0 Å². The van der Waals surface area contributed by atoms with Crippen molar-refractivity contribution >= 4 is 50.6 Å². The zero-order valence-corrected chi connectivity index (χ0v) is 20.8. The van der Waals surface area contributed by atoms with Crippen molar-refractivity contribution in [2.24, 2.45) is 0 Å². The van der Waals surface area contributed by atoms with Gasteiger partial charge in [-0.2, -0.15) is 0 Å². The van der Waals surface area contributed by atoms with Crippen LogP contribution in [0, 0.1) is 0 Å². The van der Waals surface area contributed by atoms with E-state index >= 15 is 0 Å². The summed E-state index contributed by atoms with van der Waals surface area (Å²) in [5.41, 5.74) is 2.80. The predicted molar refractivity (Wildman–Crippen MR) is 135 cm³/mol. The molecular weight excluding hydrogens is 490 g/mol. The lowest BCUT2D eigenvalue weighted by Crippen LogP contribution is -2.54. The van der Waals surface area contributed by atoms with Crippen molar-refractivity contribution in [1.29, 1.82) is 0 Å². The Kier molecular flexibility index (Phi) is 6.24. The maximum Gasteiger partial charge on any atom is 0.256 e. The molecular formula is C24H23N3O4S3. The molecule has 176 valence electrons. The Bertz CT molecular complexity index is 1340. The lowest BCUT2D eigenvalue weighted by atomic mass is 9.96. The maximum atomic E-state index is 13.5. The number of hydrogen-bond donors (Lipinski definition) is 2. The van der Waals surface area contributed by atoms with Crippen molar-refractivity contribution in [2.75, 3.05) is 18.1 Å². The fourth-order valence-corrected chi connectivity index (χ4v) is 7.12. The molecule has 0 radical (unpaired) electrons. The third-order valence-electron chi connectivity index (χ3n) is 6.18. The summed E-state index contributed by atoms with van der Waals surface area (Å²) in [4.78, 5) is 29.2. The van der Waals surface area contributed by atoms with Gasteiger partial charge in [0, 0.05) is 17.5 Å². The van der Waals surface area contributed by atoms with Gasteiger partial charge in [0.05, 0.1) is 11.3 Å². The first-order valence-electron chi connectivity index (χ1n) is 10.8. The highest BCUT2D eigenvalue weighted by atomic mass is 32.2. The summed E-state index contributed by atoms with van der Waals surface area (Å²) in [7, 11) is -3.66. The van der Waals surface area contributed by atoms with Gasteiger partial charge in [-0.1, -0.05) is 24.3 Å². The highest BCUT2D eigenvalue weighted by molar-refractivity contribution is 7.98. The van der Waals surface area contributed by atoms with E-state index in [1.165, 1.54) is 0 Å². The molecule has 34 heavy (non-hydrogen) atoms. The van der Waals surface area contributed by atoms with Crippen LogP contribution in [-0.2, 0) is 14.8 Å². The first-order valence-corrected chi connectivity index (χ1v) is 14.4. The molecule has 2 aromatic carbocycles. The number of thioether (sulfide) groups is 1. The fourth-order valence-electron chi connectivity index (χ4n) is 4.42. The van der Waals surface area contributed by atoms with E-state index in [4.69, 9.17) is 0 Å². The van der Waals surface area contributed by atoms with E-state index < -0.39 is 22.1 Å². The quantitative estimate of drug-likeness (QED) is 0.502. The third kappa shape index (κ3) is 4.38. The van der Waals surface area contributed by atoms with E-state index in [0.29, 0.717) is 24.2 Å². The maximum absolute atomic E-state index is 13.5. The molecule has 2 N–H and O–H groups in total. The number of carbonyl (C=O) groups excluding carboxylic acids is 2. The summed E-state index contributed by atoms with van der Waals surface area (Å²) < 4.78 is 28.2. The monoisotopic (exact) mass is 513 g/mol. The molecule has 2 unspecified atom stereocenters. The molecule has 10 heteroatoms. The number of fused-ring (bicyclic) bond motifs is 2. The topological polar surface area (TPSA) is 95.6 Å². The number of nitrogens with one attached hydrogen (secondary N) is 2. The highest BCUT2D eigenvalue weighted by Crippen LogP contribution is 2.32. The fraction of sp³-hybridized carbons (Fsp3) is 0.250. The molecule has 2 aliphatic heterocycles. The van der Waals surface area contributed by atoms with Gasteiger partial charge in [0.25, 0.3) is 5.91 Å². The Balaban J connectivity index is 1.39. The van der Waals surface area contributed by atoms with Crippen molar-refractivity contribution in [3.63, 3.8) is 0 Å². The molecule has 1 aromatic heterocycles. The molecule has 1 fully saturated rings. The molecule has 1 saturated heterocycles. The number of sulfonamides is 1. The third-order valence-corrected chi connectivity index (χ3v) is 9.84. The largest absolute Gasteiger partial charge is 0.326 e. The first-order chi connectivity index (χ1) is 16.4. The van der Waals surface area contributed by atoms with Gasteiger partial charge in [-0.15, -0.1) is 23.1 Å². The van der Waals surface area contributed by atoms with Gasteiger partial charge in [0.15, 0.2) is 0 Å². The van der Waals surface area contributed by atoms with Crippen molar-refractivity contribution in [2.45, 2.75) is 34.0 Å². The van der Waals surface area contributed by atoms with Gasteiger partial charge in [0.2, 0.25) is 15.9 Å². The van der Waals surface area contributed by atoms with Gasteiger partial charge >= 0.3 is 0 Å². The highest BCUT2D eigenvalue weighted by Gasteiger charge is 2.41. The molecule has 2 aliphatic rings. The molecule has 2 atom stereocenters. The second-order valence-electron chi connectivity index (χ2n) is 8.27. The van der Waals surface area contributed by atoms with Crippen LogP contribution in [0.5, 0.6) is 0 Å². The Morgan fingerprint density at radius 2 is 1.85 bits per heavy atom. The Labute approximate surface area is 206 Å². The van der Waals surface area contributed by atoms with E-state index in [2.05, 4.69) is 10.0 Å². The van der Waals surface area contributed by atoms with Crippen LogP contribution in [0.3, 0.4) is 0 Å². The van der Waals surface area contributed by atoms with Gasteiger partial charge < -0.3 is 10.2 Å². The van der Waals surface area contributed by atoms with Crippen LogP contribution in [0.15, 0.2) is 69.1 Å². The number of carbonyl (C=O) groups is 2. The minimum Gasteiger partial charge on any atom is -0.326 e. The molecule has 0 bridgehead atoms. The van der Waals surface area contributed by atoms with Gasteiger partial charge in [-0.25, -0.2) is 13.1 Å². The van der Waals surface area contributed by atoms with Crippen LogP contribution in [0.2, 0.25) is 0 Å². The summed E-state index contributed by atoms with van der Waals surface area (Å²) in [6.07, 6.45) is 2.68. The molecule has 0 saturated carbocycles. The number of benzene rings is 2. The van der Waals surface area contributed by atoms with Crippen LogP contribution >= 0.6 is 23.1 Å². The lowest BCUT2D eigenvalue weighted by Gasteiger charge is -2.37. The first kappa shape index (κ1) is 23.1. The van der Waals surface area contributed by atoms with E-state index in [0.717, 1.165) is 27.4 Å². The number of hydrogen-bond acceptors (Lipinski definition) is 6. The summed E-state index contributed by atoms with van der Waals surface area (Å²) in [6.45, 7) is 0.292. The number of rotatable bonds is 5. The van der Waals surface area contributed by atoms with Crippen molar-refractivity contribution in [1.82, 2.24) is 9.62 Å². The van der Waals surface area contributed by atoms with Crippen LogP contribution in [0.25, 0.3) is 11.1 Å². The average Bonchev–Trinajstić information content (AvgIpc) is 3.37. The summed E-state index contributed by atoms with van der Waals surface area (Å²) in [5.74, 6) is -0.523. The number of piperidine rings is 1. The van der Waals surface area contributed by atoms with Gasteiger partial charge in [-0.3, -0.25) is 9.59 Å². The molecule has 3 heterocycles. The van der Waals surface area contributed by atoms with Gasteiger partial charge in [0.1, 0.15) is 10.3 Å². The molecule has 0 spiro atoms. The summed E-state index contributed by atoms with van der Waals surface area (Å²) >= 11 is 2.81. The number of thiophene rings is 1. The Morgan fingerprint density at radius 3 is 2.56 bits per heavy atom. The predicted octanol–water partition coefficient (Wildman–Crippen LogP) is 4.04. The minimum absolute atomic E-state index is 0.221. The molecule has 5 rings (SSSR count). The van der Waals surface area contributed by atoms with Crippen LogP contribution in [0.4, 0.5) is 5.69 Å². The molecule has 0 aliphatic carbocycles. The summed E-state index contributed by atoms with van der Waals surface area (Å²) in [5, 5.41) is 4.59. The van der Waals surface area contributed by atoms with Gasteiger partial charge in [-0.05, 0) is 65.9 Å². The zero-order chi connectivity index (χ0) is 23.9. The van der Waals surface area contributed by atoms with Crippen molar-refractivity contribution in [3.8, 4) is 11.1 Å². The van der Waals surface area contributed by atoms with Crippen LogP contribution in [-0.4, -0.2) is 50.0 Å². The Morgan fingerprint density at radius 1 is 1.09 bits per heavy atom. The summed E-state index contributed by atoms with van der Waals surface area (Å²) in [6, 6.07) is 15.6. The van der Waals surface area contributed by atoms with Crippen molar-refractivity contribution < 1.29 is 18.0 Å². The van der Waals surface area contributed by atoms with E-state index in [1.807, 2.05) is 42.7 Å². The Hall–Kier alpha value is -2.66. The standard InChI is InChI=1S/C24H23N3O4S3/c1-32-18-7-4-15(5-8-18)16-6-9-20-19(13-16)24(29)27-11-10-17(14-21(27)23(28)25-20)26-34(30,31)22-3-2-12-33-22/h2-9,12-13,17,21,26H,10-11,14H2,1H3,(H,25,28). The smallest absolute Gasteiger partial charge is 0.256 e. The lowest BCUT2D eigenvalue weighted by molar-refractivity contribution is -0.121. The normalized spacial score (nSPS) is 20.3. The van der Waals surface area contributed by atoms with E-state index in [-0.39, 0.29) is 22.4 Å². The minimum atomic E-state index is -3.66. The second-order valence-corrected chi connectivity index (χ2v) is 12.0. The SMILES string of the molecule is CSc1ccc(-c2ccc3c(c2)C(=O)N2CCC(NS(=O)(=O)c4cccs4)CC2C(=O)N3)cc1. The molecule has 3 aromatic rings. The molecule has 2 amide bonds. The number of anilines is 1.